The number of ether oxygens (including phenoxy) is 4. The summed E-state index contributed by atoms with van der Waals surface area (Å²) < 4.78 is 20.5. The molecule has 0 aromatic heterocycles. The van der Waals surface area contributed by atoms with Crippen LogP contribution < -0.4 is 0 Å². The Balaban J connectivity index is 2.58. The van der Waals surface area contributed by atoms with Crippen LogP contribution in [0.2, 0.25) is 0 Å². The van der Waals surface area contributed by atoms with Crippen LogP contribution in [0.1, 0.15) is 20.8 Å². The smallest absolute Gasteiger partial charge is 0.417 e. The molecule has 0 radical (unpaired) electrons. The van der Waals surface area contributed by atoms with Crippen LogP contribution in [0.25, 0.3) is 0 Å². The summed E-state index contributed by atoms with van der Waals surface area (Å²) in [5.41, 5.74) is 0. The Labute approximate surface area is 125 Å². The molecule has 1 aliphatic heterocycles. The molecule has 7 nitrogen and oxygen atoms in total. The first-order chi connectivity index (χ1) is 9.93. The third-order valence-electron chi connectivity index (χ3n) is 3.39. The summed E-state index contributed by atoms with van der Waals surface area (Å²) in [6.07, 6.45) is -1.36. The molecule has 0 aliphatic carbocycles. The minimum atomic E-state index is -0.643. The van der Waals surface area contributed by atoms with E-state index < -0.39 is 12.2 Å². The van der Waals surface area contributed by atoms with Gasteiger partial charge in [-0.25, -0.2) is 9.69 Å². The minimum absolute atomic E-state index is 0.0838. The lowest BCUT2D eigenvalue weighted by Crippen LogP contribution is -2.69. The lowest BCUT2D eigenvalue weighted by Gasteiger charge is -2.46. The largest absolute Gasteiger partial charge is 0.447 e. The van der Waals surface area contributed by atoms with Crippen molar-refractivity contribution in [3.63, 3.8) is 0 Å². The van der Waals surface area contributed by atoms with Crippen molar-refractivity contribution in [3.05, 3.63) is 0 Å². The van der Waals surface area contributed by atoms with Crippen LogP contribution >= 0.6 is 0 Å². The number of hydrogen-bond donors (Lipinski definition) is 0. The average molecular weight is 303 g/mol. The quantitative estimate of drug-likeness (QED) is 0.493. The van der Waals surface area contributed by atoms with Crippen LogP contribution in [-0.2, 0) is 23.7 Å². The number of carbonyl (C=O) groups is 2. The number of β-lactam (4-membered cyclic amide) rings is 1. The Bertz CT molecular complexity index is 359. The van der Waals surface area contributed by atoms with E-state index >= 15 is 0 Å². The number of likely N-dealkylation sites (tertiary alicyclic amines) is 1. The SMILES string of the molecule is COCCOC(=O)N1C(=O)C(OCC(C)OC)C1C(C)C. The molecule has 2 amide bonds. The van der Waals surface area contributed by atoms with Gasteiger partial charge in [0, 0.05) is 14.2 Å². The van der Waals surface area contributed by atoms with Gasteiger partial charge in [-0.1, -0.05) is 13.8 Å². The molecule has 3 unspecified atom stereocenters. The van der Waals surface area contributed by atoms with Gasteiger partial charge in [-0.05, 0) is 12.8 Å². The average Bonchev–Trinajstić information content (AvgIpc) is 2.44. The summed E-state index contributed by atoms with van der Waals surface area (Å²) in [5.74, 6) is -0.278. The van der Waals surface area contributed by atoms with Crippen molar-refractivity contribution < 1.29 is 28.5 Å². The van der Waals surface area contributed by atoms with Gasteiger partial charge in [-0.3, -0.25) is 4.79 Å². The van der Waals surface area contributed by atoms with E-state index in [9.17, 15) is 9.59 Å². The van der Waals surface area contributed by atoms with Crippen molar-refractivity contribution in [2.24, 2.45) is 5.92 Å². The molecule has 1 rings (SSSR count). The van der Waals surface area contributed by atoms with Crippen LogP contribution in [-0.4, -0.2) is 69.2 Å². The molecule has 7 heteroatoms. The molecule has 0 aromatic carbocycles. The highest BCUT2D eigenvalue weighted by atomic mass is 16.6. The Kier molecular flexibility index (Phi) is 7.07. The standard InChI is InChI=1S/C14H25NO6/c1-9(2)11-12(21-8-10(3)19-5)13(16)15(11)14(17)20-7-6-18-4/h9-12H,6-8H2,1-5H3. The lowest BCUT2D eigenvalue weighted by molar-refractivity contribution is -0.177. The van der Waals surface area contributed by atoms with E-state index in [1.165, 1.54) is 7.11 Å². The molecule has 1 heterocycles. The van der Waals surface area contributed by atoms with Gasteiger partial charge in [0.1, 0.15) is 6.61 Å². The van der Waals surface area contributed by atoms with E-state index in [1.807, 2.05) is 20.8 Å². The fourth-order valence-electron chi connectivity index (χ4n) is 2.10. The first-order valence-electron chi connectivity index (χ1n) is 7.07. The van der Waals surface area contributed by atoms with Crippen molar-refractivity contribution in [2.45, 2.75) is 39.0 Å². The highest BCUT2D eigenvalue weighted by Crippen LogP contribution is 2.30. The molecule has 3 atom stereocenters. The fourth-order valence-corrected chi connectivity index (χ4v) is 2.10. The maximum absolute atomic E-state index is 12.1. The molecule has 0 bridgehead atoms. The maximum atomic E-state index is 12.1. The van der Waals surface area contributed by atoms with E-state index in [0.29, 0.717) is 13.2 Å². The lowest BCUT2D eigenvalue weighted by atomic mass is 9.88. The molecule has 1 fully saturated rings. The summed E-state index contributed by atoms with van der Waals surface area (Å²) >= 11 is 0. The van der Waals surface area contributed by atoms with Crippen molar-refractivity contribution in [1.29, 1.82) is 0 Å². The maximum Gasteiger partial charge on any atom is 0.417 e. The number of rotatable bonds is 8. The molecular formula is C14H25NO6. The molecule has 0 N–H and O–H groups in total. The van der Waals surface area contributed by atoms with Gasteiger partial charge in [-0.2, -0.15) is 0 Å². The summed E-state index contributed by atoms with van der Waals surface area (Å²) in [7, 11) is 3.09. The molecular weight excluding hydrogens is 278 g/mol. The predicted molar refractivity (Wildman–Crippen MR) is 74.9 cm³/mol. The molecule has 1 saturated heterocycles. The van der Waals surface area contributed by atoms with Crippen LogP contribution in [0.3, 0.4) is 0 Å². The predicted octanol–water partition coefficient (Wildman–Crippen LogP) is 1.06. The molecule has 0 spiro atoms. The van der Waals surface area contributed by atoms with E-state index in [1.54, 1.807) is 7.11 Å². The fraction of sp³-hybridized carbons (Fsp3) is 0.857. The van der Waals surface area contributed by atoms with Gasteiger partial charge in [0.05, 0.1) is 25.4 Å². The number of amides is 2. The normalized spacial score (nSPS) is 23.1. The van der Waals surface area contributed by atoms with Gasteiger partial charge in [0.2, 0.25) is 0 Å². The van der Waals surface area contributed by atoms with Crippen LogP contribution in [0, 0.1) is 5.92 Å². The van der Waals surface area contributed by atoms with E-state index in [2.05, 4.69) is 0 Å². The Morgan fingerprint density at radius 3 is 2.43 bits per heavy atom. The third kappa shape index (κ3) is 4.39. The zero-order valence-corrected chi connectivity index (χ0v) is 13.3. The van der Waals surface area contributed by atoms with Gasteiger partial charge in [0.15, 0.2) is 6.10 Å². The first kappa shape index (κ1) is 17.9. The second kappa shape index (κ2) is 8.31. The summed E-state index contributed by atoms with van der Waals surface area (Å²) in [6.45, 7) is 6.44. The van der Waals surface area contributed by atoms with Crippen molar-refractivity contribution in [1.82, 2.24) is 4.90 Å². The zero-order valence-electron chi connectivity index (χ0n) is 13.3. The highest BCUT2D eigenvalue weighted by molar-refractivity contribution is 6.01. The van der Waals surface area contributed by atoms with E-state index in [4.69, 9.17) is 18.9 Å². The third-order valence-corrected chi connectivity index (χ3v) is 3.39. The Morgan fingerprint density at radius 2 is 1.90 bits per heavy atom. The molecule has 0 aromatic rings. The Morgan fingerprint density at radius 1 is 1.24 bits per heavy atom. The summed E-state index contributed by atoms with van der Waals surface area (Å²) in [5, 5.41) is 0. The first-order valence-corrected chi connectivity index (χ1v) is 7.07. The van der Waals surface area contributed by atoms with E-state index in [0.717, 1.165) is 4.90 Å². The molecule has 21 heavy (non-hydrogen) atoms. The second-order valence-corrected chi connectivity index (χ2v) is 5.35. The van der Waals surface area contributed by atoms with E-state index in [-0.39, 0.29) is 30.6 Å². The zero-order chi connectivity index (χ0) is 16.0. The number of imide groups is 1. The van der Waals surface area contributed by atoms with Crippen molar-refractivity contribution >= 4 is 12.0 Å². The number of carbonyl (C=O) groups excluding carboxylic acids is 2. The number of nitrogens with zero attached hydrogens (tertiary/aromatic N) is 1. The molecule has 122 valence electrons. The van der Waals surface area contributed by atoms with Crippen LogP contribution in [0.4, 0.5) is 4.79 Å². The van der Waals surface area contributed by atoms with Gasteiger partial charge >= 0.3 is 6.09 Å². The summed E-state index contributed by atoms with van der Waals surface area (Å²) in [6, 6.07) is -0.309. The molecule has 1 aliphatic rings. The topological polar surface area (TPSA) is 74.3 Å². The summed E-state index contributed by atoms with van der Waals surface area (Å²) in [4.78, 5) is 25.1. The van der Waals surface area contributed by atoms with Crippen molar-refractivity contribution in [2.75, 3.05) is 34.0 Å². The second-order valence-electron chi connectivity index (χ2n) is 5.35. The number of methoxy groups -OCH3 is 2. The monoisotopic (exact) mass is 303 g/mol. The number of hydrogen-bond acceptors (Lipinski definition) is 6. The Hall–Kier alpha value is -1.18. The van der Waals surface area contributed by atoms with Crippen LogP contribution in [0.15, 0.2) is 0 Å². The molecule has 0 saturated carbocycles. The minimum Gasteiger partial charge on any atom is -0.447 e. The van der Waals surface area contributed by atoms with Gasteiger partial charge in [-0.15, -0.1) is 0 Å². The highest BCUT2D eigenvalue weighted by Gasteiger charge is 2.53. The van der Waals surface area contributed by atoms with Crippen molar-refractivity contribution in [3.8, 4) is 0 Å². The van der Waals surface area contributed by atoms with Gasteiger partial charge < -0.3 is 18.9 Å². The van der Waals surface area contributed by atoms with Crippen LogP contribution in [0.5, 0.6) is 0 Å². The van der Waals surface area contributed by atoms with Gasteiger partial charge in [0.25, 0.3) is 5.91 Å².